The van der Waals surface area contributed by atoms with E-state index < -0.39 is 0 Å². The minimum absolute atomic E-state index is 0.593. The Hall–Kier alpha value is -5.09. The van der Waals surface area contributed by atoms with Gasteiger partial charge >= 0.3 is 0 Å². The van der Waals surface area contributed by atoms with Gasteiger partial charge in [-0.2, -0.15) is 0 Å². The summed E-state index contributed by atoms with van der Waals surface area (Å²) >= 11 is 0. The van der Waals surface area contributed by atoms with Crippen LogP contribution in [0, 0.1) is 0 Å². The zero-order chi connectivity index (χ0) is 24.3. The molecule has 0 saturated carbocycles. The first kappa shape index (κ1) is 20.1. The molecule has 8 aromatic rings. The van der Waals surface area contributed by atoms with Crippen molar-refractivity contribution in [3.63, 3.8) is 0 Å². The standard InChI is InChI=1S/C33H19N3O/c1-2-9-20(10-3-1)31-34-32-27-14-5-4-13-23(27)21-11-6-12-22(19-21)24-15-7-16-25-26-17-8-18-28(33(35-31)36-32)30(26)37-29(24)25/h1-19H. The molecule has 3 heterocycles. The Bertz CT molecular complexity index is 2200. The molecule has 37 heavy (non-hydrogen) atoms. The third-order valence-electron chi connectivity index (χ3n) is 7.09. The first-order valence-corrected chi connectivity index (χ1v) is 12.3. The van der Waals surface area contributed by atoms with Gasteiger partial charge in [0.1, 0.15) is 11.2 Å². The Balaban J connectivity index is 1.72. The van der Waals surface area contributed by atoms with Crippen molar-refractivity contribution in [1.82, 2.24) is 15.0 Å². The van der Waals surface area contributed by atoms with Crippen LogP contribution in [0.25, 0.3) is 76.9 Å². The van der Waals surface area contributed by atoms with Crippen LogP contribution in [-0.4, -0.2) is 15.0 Å². The van der Waals surface area contributed by atoms with E-state index in [1.807, 2.05) is 48.5 Å². The van der Waals surface area contributed by atoms with E-state index in [9.17, 15) is 0 Å². The van der Waals surface area contributed by atoms with Crippen molar-refractivity contribution in [3.8, 4) is 11.4 Å². The summed E-state index contributed by atoms with van der Waals surface area (Å²) in [5.74, 6) is 0.632. The van der Waals surface area contributed by atoms with E-state index in [4.69, 9.17) is 19.4 Å². The average Bonchev–Trinajstić information content (AvgIpc) is 3.36. The number of hydrogen-bond acceptors (Lipinski definition) is 4. The summed E-state index contributed by atoms with van der Waals surface area (Å²) in [4.78, 5) is 15.0. The normalized spacial score (nSPS) is 11.8. The predicted octanol–water partition coefficient (Wildman–Crippen LogP) is 8.61. The van der Waals surface area contributed by atoms with Crippen molar-refractivity contribution >= 4 is 65.6 Å². The lowest BCUT2D eigenvalue weighted by molar-refractivity contribution is 0.676. The SMILES string of the molecule is c1ccc(-c2nc3nc(n2)c2cccc4c5cccc(c6cccc(c6)c6ccccc36)c5oc24)cc1. The fourth-order valence-corrected chi connectivity index (χ4v) is 5.34. The maximum Gasteiger partial charge on any atom is 0.167 e. The van der Waals surface area contributed by atoms with E-state index in [-0.39, 0.29) is 0 Å². The van der Waals surface area contributed by atoms with Crippen molar-refractivity contribution in [1.29, 1.82) is 0 Å². The van der Waals surface area contributed by atoms with Gasteiger partial charge in [-0.25, -0.2) is 15.0 Å². The van der Waals surface area contributed by atoms with Crippen LogP contribution < -0.4 is 0 Å². The fourth-order valence-electron chi connectivity index (χ4n) is 5.34. The Morgan fingerprint density at radius 3 is 1.73 bits per heavy atom. The van der Waals surface area contributed by atoms with Crippen LogP contribution in [0.4, 0.5) is 0 Å². The number of aromatic nitrogens is 3. The number of rotatable bonds is 1. The zero-order valence-electron chi connectivity index (χ0n) is 19.7. The molecule has 0 aliphatic rings. The lowest BCUT2D eigenvalue weighted by Gasteiger charge is -2.04. The summed E-state index contributed by atoms with van der Waals surface area (Å²) in [6.45, 7) is 0. The second-order valence-electron chi connectivity index (χ2n) is 9.27. The second-order valence-corrected chi connectivity index (χ2v) is 9.27. The molecule has 4 nitrogen and oxygen atoms in total. The molecule has 8 rings (SSSR count). The van der Waals surface area contributed by atoms with Gasteiger partial charge in [-0.3, -0.25) is 0 Å². The van der Waals surface area contributed by atoms with Gasteiger partial charge in [-0.15, -0.1) is 0 Å². The number of nitrogens with zero attached hydrogens (tertiary/aromatic N) is 3. The highest BCUT2D eigenvalue weighted by Crippen LogP contribution is 2.36. The maximum absolute atomic E-state index is 6.65. The molecule has 6 bridgehead atoms. The molecule has 5 aromatic carbocycles. The van der Waals surface area contributed by atoms with Gasteiger partial charge in [0.05, 0.1) is 5.39 Å². The summed E-state index contributed by atoms with van der Waals surface area (Å²) in [6.07, 6.45) is 0. The smallest absolute Gasteiger partial charge is 0.167 e. The Morgan fingerprint density at radius 1 is 0.405 bits per heavy atom. The number of hydrogen-bond donors (Lipinski definition) is 0. The van der Waals surface area contributed by atoms with Gasteiger partial charge in [0.15, 0.2) is 17.1 Å². The summed E-state index contributed by atoms with van der Waals surface area (Å²) < 4.78 is 6.65. The molecule has 0 fully saturated rings. The summed E-state index contributed by atoms with van der Waals surface area (Å²) in [5, 5.41) is 8.28. The van der Waals surface area contributed by atoms with E-state index in [1.54, 1.807) is 0 Å². The quantitative estimate of drug-likeness (QED) is 0.239. The minimum Gasteiger partial charge on any atom is -0.455 e. The third-order valence-corrected chi connectivity index (χ3v) is 7.09. The Morgan fingerprint density at radius 2 is 0.946 bits per heavy atom. The van der Waals surface area contributed by atoms with Crippen LogP contribution in [0.1, 0.15) is 0 Å². The monoisotopic (exact) mass is 473 g/mol. The van der Waals surface area contributed by atoms with Crippen LogP contribution >= 0.6 is 0 Å². The number of benzene rings is 5. The van der Waals surface area contributed by atoms with E-state index in [0.29, 0.717) is 17.1 Å². The molecular weight excluding hydrogens is 454 g/mol. The molecule has 0 saturated heterocycles. The van der Waals surface area contributed by atoms with Crippen LogP contribution in [0.5, 0.6) is 0 Å². The Labute approximate surface area is 211 Å². The van der Waals surface area contributed by atoms with Crippen molar-refractivity contribution in [2.75, 3.05) is 0 Å². The first-order valence-electron chi connectivity index (χ1n) is 12.3. The highest BCUT2D eigenvalue weighted by atomic mass is 16.3. The van der Waals surface area contributed by atoms with Gasteiger partial charge in [0, 0.05) is 27.1 Å². The molecule has 0 radical (unpaired) electrons. The van der Waals surface area contributed by atoms with Crippen molar-refractivity contribution in [3.05, 3.63) is 115 Å². The molecule has 172 valence electrons. The lowest BCUT2D eigenvalue weighted by atomic mass is 10.0. The minimum atomic E-state index is 0.593. The van der Waals surface area contributed by atoms with Crippen LogP contribution in [0.2, 0.25) is 0 Å². The van der Waals surface area contributed by atoms with Gasteiger partial charge in [0.25, 0.3) is 0 Å². The van der Waals surface area contributed by atoms with Gasteiger partial charge in [-0.1, -0.05) is 103 Å². The first-order chi connectivity index (χ1) is 18.3. The van der Waals surface area contributed by atoms with Gasteiger partial charge < -0.3 is 4.42 Å². The molecule has 4 heteroatoms. The fraction of sp³-hybridized carbons (Fsp3) is 0. The molecule has 0 aliphatic carbocycles. The topological polar surface area (TPSA) is 51.8 Å². The van der Waals surface area contributed by atoms with Crippen LogP contribution in [0.15, 0.2) is 120 Å². The molecule has 0 spiro atoms. The van der Waals surface area contributed by atoms with E-state index in [0.717, 1.165) is 59.8 Å². The third kappa shape index (κ3) is 3.06. The molecule has 0 N–H and O–H groups in total. The largest absolute Gasteiger partial charge is 0.455 e. The highest BCUT2D eigenvalue weighted by molar-refractivity contribution is 6.19. The highest BCUT2D eigenvalue weighted by Gasteiger charge is 2.14. The summed E-state index contributed by atoms with van der Waals surface area (Å²) in [5.41, 5.74) is 3.82. The number of fused-ring (bicyclic) bond motifs is 10. The number of furan rings is 1. The Kier molecular flexibility index (Phi) is 4.19. The second kappa shape index (κ2) is 7.70. The molecule has 0 amide bonds. The predicted molar refractivity (Wildman–Crippen MR) is 151 cm³/mol. The van der Waals surface area contributed by atoms with Gasteiger partial charge in [-0.05, 0) is 28.3 Å². The summed E-state index contributed by atoms with van der Waals surface area (Å²) in [7, 11) is 0. The van der Waals surface area contributed by atoms with Crippen LogP contribution in [-0.2, 0) is 0 Å². The number of para-hydroxylation sites is 2. The molecular formula is C33H19N3O. The van der Waals surface area contributed by atoms with Gasteiger partial charge in [0.2, 0.25) is 0 Å². The average molecular weight is 474 g/mol. The molecule has 0 atom stereocenters. The van der Waals surface area contributed by atoms with Crippen molar-refractivity contribution in [2.45, 2.75) is 0 Å². The van der Waals surface area contributed by atoms with E-state index in [1.165, 1.54) is 0 Å². The van der Waals surface area contributed by atoms with Crippen LogP contribution in [0.3, 0.4) is 0 Å². The van der Waals surface area contributed by atoms with Crippen molar-refractivity contribution < 1.29 is 4.42 Å². The maximum atomic E-state index is 6.65. The molecule has 0 aliphatic heterocycles. The van der Waals surface area contributed by atoms with E-state index >= 15 is 0 Å². The molecule has 3 aromatic heterocycles. The van der Waals surface area contributed by atoms with E-state index in [2.05, 4.69) is 66.7 Å². The lowest BCUT2D eigenvalue weighted by Crippen LogP contribution is -1.94. The van der Waals surface area contributed by atoms with Crippen molar-refractivity contribution in [2.24, 2.45) is 0 Å². The molecule has 0 unspecified atom stereocenters. The zero-order valence-corrected chi connectivity index (χ0v) is 19.7. The summed E-state index contributed by atoms with van der Waals surface area (Å²) in [6, 6.07) is 39.5.